The van der Waals surface area contributed by atoms with Gasteiger partial charge in [0.25, 0.3) is 11.8 Å². The van der Waals surface area contributed by atoms with Crippen LogP contribution in [0.2, 0.25) is 0 Å². The molecule has 0 spiro atoms. The Labute approximate surface area is 152 Å². The van der Waals surface area contributed by atoms with Crippen LogP contribution in [0.25, 0.3) is 5.57 Å². The summed E-state index contributed by atoms with van der Waals surface area (Å²) in [6.07, 6.45) is 0. The maximum atomic E-state index is 12.7. The molecule has 0 saturated heterocycles. The molecule has 2 amide bonds. The lowest BCUT2D eigenvalue weighted by molar-refractivity contribution is -0.135. The van der Waals surface area contributed by atoms with Crippen molar-refractivity contribution in [3.63, 3.8) is 0 Å². The predicted molar refractivity (Wildman–Crippen MR) is 98.9 cm³/mol. The molecule has 1 aliphatic heterocycles. The second kappa shape index (κ2) is 7.31. The highest BCUT2D eigenvalue weighted by molar-refractivity contribution is 6.36. The zero-order valence-corrected chi connectivity index (χ0v) is 14.9. The number of ether oxygens (including phenoxy) is 2. The lowest BCUT2D eigenvalue weighted by Gasteiger charge is -2.11. The van der Waals surface area contributed by atoms with E-state index >= 15 is 0 Å². The van der Waals surface area contributed by atoms with Crippen molar-refractivity contribution in [1.29, 1.82) is 0 Å². The number of anilines is 1. The number of benzene rings is 2. The van der Waals surface area contributed by atoms with Gasteiger partial charge < -0.3 is 14.8 Å². The third-order valence-corrected chi connectivity index (χ3v) is 4.10. The average Bonchev–Trinajstić information content (AvgIpc) is 2.87. The van der Waals surface area contributed by atoms with Gasteiger partial charge in [0.1, 0.15) is 17.2 Å². The monoisotopic (exact) mass is 352 g/mol. The SMILES string of the molecule is CCOc1ccc(NC2=C(c3ccccc3OC)C(=O)N(C)C2=O)cc1. The first-order valence-electron chi connectivity index (χ1n) is 8.26. The molecular weight excluding hydrogens is 332 g/mol. The van der Waals surface area contributed by atoms with Crippen molar-refractivity contribution in [2.45, 2.75) is 6.92 Å². The van der Waals surface area contributed by atoms with E-state index < -0.39 is 0 Å². The van der Waals surface area contributed by atoms with Gasteiger partial charge in [0.15, 0.2) is 0 Å². The topological polar surface area (TPSA) is 67.9 Å². The summed E-state index contributed by atoms with van der Waals surface area (Å²) in [5.74, 6) is 0.519. The highest BCUT2D eigenvalue weighted by Crippen LogP contribution is 2.34. The van der Waals surface area contributed by atoms with E-state index in [1.165, 1.54) is 14.2 Å². The van der Waals surface area contributed by atoms with Gasteiger partial charge in [0, 0.05) is 18.3 Å². The van der Waals surface area contributed by atoms with E-state index in [0.717, 1.165) is 10.6 Å². The van der Waals surface area contributed by atoms with Gasteiger partial charge in [0.2, 0.25) is 0 Å². The molecule has 0 aliphatic carbocycles. The number of nitrogens with one attached hydrogen (secondary N) is 1. The normalized spacial score (nSPS) is 14.0. The Morgan fingerprint density at radius 1 is 1.00 bits per heavy atom. The molecule has 1 aliphatic rings. The molecule has 0 atom stereocenters. The van der Waals surface area contributed by atoms with Crippen LogP contribution in [0, 0.1) is 0 Å². The molecule has 0 unspecified atom stereocenters. The fourth-order valence-corrected chi connectivity index (χ4v) is 2.80. The van der Waals surface area contributed by atoms with Crippen molar-refractivity contribution >= 4 is 23.1 Å². The largest absolute Gasteiger partial charge is 0.496 e. The number of methoxy groups -OCH3 is 1. The number of nitrogens with zero attached hydrogens (tertiary/aromatic N) is 1. The van der Waals surface area contributed by atoms with Crippen LogP contribution in [0.5, 0.6) is 11.5 Å². The van der Waals surface area contributed by atoms with E-state index in [0.29, 0.717) is 29.2 Å². The number of hydrogen-bond donors (Lipinski definition) is 1. The molecule has 2 aromatic rings. The number of rotatable bonds is 6. The Bertz CT molecular complexity index is 872. The fraction of sp³-hybridized carbons (Fsp3) is 0.200. The highest BCUT2D eigenvalue weighted by Gasteiger charge is 2.37. The van der Waals surface area contributed by atoms with Gasteiger partial charge in [-0.2, -0.15) is 0 Å². The molecule has 0 aromatic heterocycles. The van der Waals surface area contributed by atoms with E-state index in [-0.39, 0.29) is 17.5 Å². The molecule has 134 valence electrons. The van der Waals surface area contributed by atoms with Crippen LogP contribution in [-0.4, -0.2) is 37.5 Å². The number of likely N-dealkylation sites (N-methyl/N-ethyl adjacent to an activating group) is 1. The summed E-state index contributed by atoms with van der Waals surface area (Å²) in [4.78, 5) is 26.3. The summed E-state index contributed by atoms with van der Waals surface area (Å²) in [5, 5.41) is 3.08. The first-order valence-corrected chi connectivity index (χ1v) is 8.26. The number of carbonyl (C=O) groups is 2. The Morgan fingerprint density at radius 2 is 1.69 bits per heavy atom. The van der Waals surface area contributed by atoms with Crippen molar-refractivity contribution < 1.29 is 19.1 Å². The van der Waals surface area contributed by atoms with Crippen molar-refractivity contribution in [3.8, 4) is 11.5 Å². The molecule has 3 rings (SSSR count). The van der Waals surface area contributed by atoms with Gasteiger partial charge in [-0.1, -0.05) is 18.2 Å². The van der Waals surface area contributed by atoms with Crippen LogP contribution in [-0.2, 0) is 9.59 Å². The predicted octanol–water partition coefficient (Wildman–Crippen LogP) is 2.92. The van der Waals surface area contributed by atoms with Gasteiger partial charge in [-0.25, -0.2) is 0 Å². The zero-order valence-electron chi connectivity index (χ0n) is 14.9. The fourth-order valence-electron chi connectivity index (χ4n) is 2.80. The number of amides is 2. The first kappa shape index (κ1) is 17.5. The van der Waals surface area contributed by atoms with Gasteiger partial charge in [0.05, 0.1) is 19.3 Å². The maximum absolute atomic E-state index is 12.7. The first-order chi connectivity index (χ1) is 12.6. The molecule has 6 nitrogen and oxygen atoms in total. The Hall–Kier alpha value is -3.28. The molecule has 0 radical (unpaired) electrons. The zero-order chi connectivity index (χ0) is 18.7. The minimum absolute atomic E-state index is 0.228. The van der Waals surface area contributed by atoms with Gasteiger partial charge in [-0.05, 0) is 37.3 Å². The van der Waals surface area contributed by atoms with Crippen molar-refractivity contribution in [3.05, 3.63) is 59.8 Å². The number of carbonyl (C=O) groups excluding carboxylic acids is 2. The second-order valence-corrected chi connectivity index (χ2v) is 5.70. The van der Waals surface area contributed by atoms with Gasteiger partial charge in [-0.15, -0.1) is 0 Å². The lowest BCUT2D eigenvalue weighted by Crippen LogP contribution is -2.27. The molecule has 26 heavy (non-hydrogen) atoms. The van der Waals surface area contributed by atoms with E-state index in [2.05, 4.69) is 5.32 Å². The molecule has 2 aromatic carbocycles. The van der Waals surface area contributed by atoms with Gasteiger partial charge in [-0.3, -0.25) is 14.5 Å². The van der Waals surface area contributed by atoms with Gasteiger partial charge >= 0.3 is 0 Å². The molecular formula is C20H20N2O4. The number of para-hydroxylation sites is 1. The Morgan fingerprint density at radius 3 is 2.35 bits per heavy atom. The molecule has 1 N–H and O–H groups in total. The van der Waals surface area contributed by atoms with E-state index in [9.17, 15) is 9.59 Å². The van der Waals surface area contributed by atoms with Crippen LogP contribution >= 0.6 is 0 Å². The smallest absolute Gasteiger partial charge is 0.277 e. The quantitative estimate of drug-likeness (QED) is 0.810. The summed E-state index contributed by atoms with van der Waals surface area (Å²) >= 11 is 0. The standard InChI is InChI=1S/C20H20N2O4/c1-4-26-14-11-9-13(10-12-14)21-18-17(19(23)22(2)20(18)24)15-7-5-6-8-16(15)25-3/h5-12,21H,4H2,1-3H3. The molecule has 1 heterocycles. The average molecular weight is 352 g/mol. The summed E-state index contributed by atoms with van der Waals surface area (Å²) < 4.78 is 10.8. The van der Waals surface area contributed by atoms with Crippen molar-refractivity contribution in [2.75, 3.05) is 26.1 Å². The van der Waals surface area contributed by atoms with E-state index in [4.69, 9.17) is 9.47 Å². The molecule has 0 fully saturated rings. The molecule has 0 saturated carbocycles. The minimum atomic E-state index is -0.384. The van der Waals surface area contributed by atoms with Crippen molar-refractivity contribution in [1.82, 2.24) is 4.90 Å². The Kier molecular flexibility index (Phi) is 4.93. The number of hydrogen-bond acceptors (Lipinski definition) is 5. The molecule has 0 bridgehead atoms. The third kappa shape index (κ3) is 3.13. The highest BCUT2D eigenvalue weighted by atomic mass is 16.5. The van der Waals surface area contributed by atoms with Crippen LogP contribution in [0.1, 0.15) is 12.5 Å². The van der Waals surface area contributed by atoms with Crippen LogP contribution in [0.4, 0.5) is 5.69 Å². The third-order valence-electron chi connectivity index (χ3n) is 4.10. The summed E-state index contributed by atoms with van der Waals surface area (Å²) in [5.41, 5.74) is 1.79. The Balaban J connectivity index is 2.03. The lowest BCUT2D eigenvalue weighted by atomic mass is 10.0. The van der Waals surface area contributed by atoms with Crippen LogP contribution in [0.15, 0.2) is 54.2 Å². The minimum Gasteiger partial charge on any atom is -0.496 e. The van der Waals surface area contributed by atoms with Crippen LogP contribution < -0.4 is 14.8 Å². The van der Waals surface area contributed by atoms with E-state index in [1.807, 2.05) is 13.0 Å². The summed E-state index contributed by atoms with van der Waals surface area (Å²) in [6.45, 7) is 2.49. The number of imide groups is 1. The van der Waals surface area contributed by atoms with Crippen LogP contribution in [0.3, 0.4) is 0 Å². The van der Waals surface area contributed by atoms with Crippen molar-refractivity contribution in [2.24, 2.45) is 0 Å². The van der Waals surface area contributed by atoms with E-state index in [1.54, 1.807) is 42.5 Å². The summed E-state index contributed by atoms with van der Waals surface area (Å²) in [7, 11) is 3.00. The summed E-state index contributed by atoms with van der Waals surface area (Å²) in [6, 6.07) is 14.3. The molecule has 6 heteroatoms. The second-order valence-electron chi connectivity index (χ2n) is 5.70. The maximum Gasteiger partial charge on any atom is 0.277 e.